The summed E-state index contributed by atoms with van der Waals surface area (Å²) < 4.78 is 0. The van der Waals surface area contributed by atoms with Crippen molar-refractivity contribution in [3.63, 3.8) is 0 Å². The SMILES string of the molecule is N=C(N)c1cccc(CN2CCC(CCO)C2)c1. The number of rotatable bonds is 5. The number of likely N-dealkylation sites (tertiary alicyclic amines) is 1. The number of nitrogens with one attached hydrogen (secondary N) is 1. The van der Waals surface area contributed by atoms with Gasteiger partial charge in [-0.2, -0.15) is 0 Å². The lowest BCUT2D eigenvalue weighted by Crippen LogP contribution is -2.21. The highest BCUT2D eigenvalue weighted by Gasteiger charge is 2.21. The molecule has 1 fully saturated rings. The molecule has 1 aliphatic heterocycles. The van der Waals surface area contributed by atoms with Gasteiger partial charge in [0.05, 0.1) is 0 Å². The Hall–Kier alpha value is -1.39. The van der Waals surface area contributed by atoms with Gasteiger partial charge in [-0.05, 0) is 36.9 Å². The molecule has 4 nitrogen and oxygen atoms in total. The van der Waals surface area contributed by atoms with Crippen LogP contribution in [-0.2, 0) is 6.54 Å². The number of hydrogen-bond donors (Lipinski definition) is 3. The van der Waals surface area contributed by atoms with Crippen molar-refractivity contribution in [1.82, 2.24) is 4.90 Å². The first-order valence-corrected chi connectivity index (χ1v) is 6.45. The average Bonchev–Trinajstić information content (AvgIpc) is 2.77. The van der Waals surface area contributed by atoms with Gasteiger partial charge in [0.25, 0.3) is 0 Å². The Morgan fingerprint density at radius 3 is 3.06 bits per heavy atom. The van der Waals surface area contributed by atoms with Crippen LogP contribution in [-0.4, -0.2) is 35.5 Å². The summed E-state index contributed by atoms with van der Waals surface area (Å²) in [5.74, 6) is 0.752. The Kier molecular flexibility index (Phi) is 4.33. The maximum absolute atomic E-state index is 8.94. The maximum atomic E-state index is 8.94. The van der Waals surface area contributed by atoms with Gasteiger partial charge in [0, 0.05) is 25.3 Å². The molecular weight excluding hydrogens is 226 g/mol. The van der Waals surface area contributed by atoms with E-state index in [0.717, 1.165) is 31.6 Å². The van der Waals surface area contributed by atoms with Crippen LogP contribution in [0.25, 0.3) is 0 Å². The van der Waals surface area contributed by atoms with E-state index in [1.165, 1.54) is 12.0 Å². The third kappa shape index (κ3) is 3.31. The summed E-state index contributed by atoms with van der Waals surface area (Å²) in [6.07, 6.45) is 2.08. The second-order valence-electron chi connectivity index (χ2n) is 5.02. The number of nitrogens with two attached hydrogens (primary N) is 1. The van der Waals surface area contributed by atoms with E-state index in [1.807, 2.05) is 18.2 Å². The van der Waals surface area contributed by atoms with E-state index in [-0.39, 0.29) is 5.84 Å². The van der Waals surface area contributed by atoms with Gasteiger partial charge < -0.3 is 10.8 Å². The number of aliphatic hydroxyl groups excluding tert-OH is 1. The molecule has 4 N–H and O–H groups in total. The molecule has 18 heavy (non-hydrogen) atoms. The molecule has 0 bridgehead atoms. The van der Waals surface area contributed by atoms with E-state index in [9.17, 15) is 0 Å². The largest absolute Gasteiger partial charge is 0.396 e. The van der Waals surface area contributed by atoms with Crippen LogP contribution in [0.5, 0.6) is 0 Å². The Morgan fingerprint density at radius 2 is 2.33 bits per heavy atom. The molecule has 0 radical (unpaired) electrons. The number of benzene rings is 1. The van der Waals surface area contributed by atoms with Crippen molar-refractivity contribution in [1.29, 1.82) is 5.41 Å². The fourth-order valence-corrected chi connectivity index (χ4v) is 2.57. The van der Waals surface area contributed by atoms with Gasteiger partial charge in [0.2, 0.25) is 0 Å². The lowest BCUT2D eigenvalue weighted by molar-refractivity contribution is 0.249. The molecule has 98 valence electrons. The predicted octanol–water partition coefficient (Wildman–Crippen LogP) is 1.17. The van der Waals surface area contributed by atoms with Crippen LogP contribution in [0, 0.1) is 11.3 Å². The molecule has 1 aromatic rings. The van der Waals surface area contributed by atoms with E-state index in [2.05, 4.69) is 11.0 Å². The fraction of sp³-hybridized carbons (Fsp3) is 0.500. The predicted molar refractivity (Wildman–Crippen MR) is 72.5 cm³/mol. The first-order chi connectivity index (χ1) is 8.69. The average molecular weight is 247 g/mol. The molecule has 4 heteroatoms. The highest BCUT2D eigenvalue weighted by molar-refractivity contribution is 5.95. The Labute approximate surface area is 108 Å². The van der Waals surface area contributed by atoms with E-state index in [1.54, 1.807) is 0 Å². The minimum atomic E-state index is 0.122. The summed E-state index contributed by atoms with van der Waals surface area (Å²) in [7, 11) is 0. The van der Waals surface area contributed by atoms with Crippen molar-refractivity contribution >= 4 is 5.84 Å². The van der Waals surface area contributed by atoms with Crippen LogP contribution in [0.3, 0.4) is 0 Å². The van der Waals surface area contributed by atoms with Gasteiger partial charge >= 0.3 is 0 Å². The standard InChI is InChI=1S/C14H21N3O/c15-14(16)13-3-1-2-12(8-13)10-17-6-4-11(9-17)5-7-18/h1-3,8,11,18H,4-7,9-10H2,(H3,15,16). The van der Waals surface area contributed by atoms with Crippen LogP contribution in [0.2, 0.25) is 0 Å². The molecule has 0 aromatic heterocycles. The Balaban J connectivity index is 1.94. The molecule has 1 atom stereocenters. The molecule has 1 saturated heterocycles. The lowest BCUT2D eigenvalue weighted by atomic mass is 10.1. The summed E-state index contributed by atoms with van der Waals surface area (Å²) in [4.78, 5) is 2.40. The Morgan fingerprint density at radius 1 is 1.50 bits per heavy atom. The summed E-state index contributed by atoms with van der Waals surface area (Å²) in [5, 5.41) is 16.4. The first kappa shape index (κ1) is 13.1. The molecule has 0 aliphatic carbocycles. The molecule has 0 amide bonds. The van der Waals surface area contributed by atoms with Gasteiger partial charge in [-0.25, -0.2) is 0 Å². The van der Waals surface area contributed by atoms with E-state index < -0.39 is 0 Å². The molecule has 2 rings (SSSR count). The summed E-state index contributed by atoms with van der Waals surface area (Å²) >= 11 is 0. The topological polar surface area (TPSA) is 73.3 Å². The zero-order chi connectivity index (χ0) is 13.0. The van der Waals surface area contributed by atoms with Crippen LogP contribution >= 0.6 is 0 Å². The van der Waals surface area contributed by atoms with Crippen molar-refractivity contribution in [2.45, 2.75) is 19.4 Å². The number of amidine groups is 1. The molecule has 1 aliphatic rings. The summed E-state index contributed by atoms with van der Waals surface area (Å²) in [6.45, 7) is 3.35. The number of nitrogen functional groups attached to an aromatic ring is 1. The van der Waals surface area contributed by atoms with Crippen molar-refractivity contribution in [2.75, 3.05) is 19.7 Å². The van der Waals surface area contributed by atoms with Gasteiger partial charge in [-0.1, -0.05) is 18.2 Å². The lowest BCUT2D eigenvalue weighted by Gasteiger charge is -2.16. The summed E-state index contributed by atoms with van der Waals surface area (Å²) in [5.41, 5.74) is 7.49. The molecule has 1 heterocycles. The third-order valence-electron chi connectivity index (χ3n) is 3.55. The Bertz CT molecular complexity index is 419. The quantitative estimate of drug-likeness (QED) is 0.540. The smallest absolute Gasteiger partial charge is 0.122 e. The third-order valence-corrected chi connectivity index (χ3v) is 3.55. The van der Waals surface area contributed by atoms with Crippen molar-refractivity contribution in [2.24, 2.45) is 11.7 Å². The molecular formula is C14H21N3O. The van der Waals surface area contributed by atoms with Crippen LogP contribution in [0.1, 0.15) is 24.0 Å². The van der Waals surface area contributed by atoms with Gasteiger partial charge in [-0.15, -0.1) is 0 Å². The van der Waals surface area contributed by atoms with Crippen molar-refractivity contribution in [3.05, 3.63) is 35.4 Å². The van der Waals surface area contributed by atoms with Crippen LogP contribution < -0.4 is 5.73 Å². The van der Waals surface area contributed by atoms with Crippen LogP contribution in [0.15, 0.2) is 24.3 Å². The van der Waals surface area contributed by atoms with E-state index in [0.29, 0.717) is 12.5 Å². The monoisotopic (exact) mass is 247 g/mol. The second kappa shape index (κ2) is 5.98. The van der Waals surface area contributed by atoms with Gasteiger partial charge in [-0.3, -0.25) is 10.3 Å². The van der Waals surface area contributed by atoms with Crippen LogP contribution in [0.4, 0.5) is 0 Å². The van der Waals surface area contributed by atoms with Crippen molar-refractivity contribution in [3.8, 4) is 0 Å². The minimum absolute atomic E-state index is 0.122. The summed E-state index contributed by atoms with van der Waals surface area (Å²) in [6, 6.07) is 7.88. The normalized spacial score (nSPS) is 20.2. The van der Waals surface area contributed by atoms with Gasteiger partial charge in [0.1, 0.15) is 5.84 Å². The molecule has 0 spiro atoms. The first-order valence-electron chi connectivity index (χ1n) is 6.45. The van der Waals surface area contributed by atoms with E-state index in [4.69, 9.17) is 16.2 Å². The molecule has 1 unspecified atom stereocenters. The van der Waals surface area contributed by atoms with Gasteiger partial charge in [0.15, 0.2) is 0 Å². The maximum Gasteiger partial charge on any atom is 0.122 e. The zero-order valence-corrected chi connectivity index (χ0v) is 10.6. The zero-order valence-electron chi connectivity index (χ0n) is 10.6. The van der Waals surface area contributed by atoms with E-state index >= 15 is 0 Å². The fourth-order valence-electron chi connectivity index (χ4n) is 2.57. The molecule has 0 saturated carbocycles. The number of nitrogens with zero attached hydrogens (tertiary/aromatic N) is 1. The highest BCUT2D eigenvalue weighted by atomic mass is 16.3. The highest BCUT2D eigenvalue weighted by Crippen LogP contribution is 2.21. The number of aliphatic hydroxyl groups is 1. The minimum Gasteiger partial charge on any atom is -0.396 e. The second-order valence-corrected chi connectivity index (χ2v) is 5.02. The molecule has 1 aromatic carbocycles. The van der Waals surface area contributed by atoms with Crippen molar-refractivity contribution < 1.29 is 5.11 Å². The number of hydrogen-bond acceptors (Lipinski definition) is 3.